The Labute approximate surface area is 115 Å². The number of hydrogen-bond donors (Lipinski definition) is 1. The Hall–Kier alpha value is -0.0800. The molecule has 0 aliphatic heterocycles. The molecule has 0 atom stereocenters. The summed E-state index contributed by atoms with van der Waals surface area (Å²) in [6.07, 6.45) is 12.4. The van der Waals surface area contributed by atoms with Crippen LogP contribution in [0.5, 0.6) is 0 Å². The van der Waals surface area contributed by atoms with E-state index in [1.807, 2.05) is 0 Å². The molecule has 0 radical (unpaired) electrons. The van der Waals surface area contributed by atoms with E-state index in [0.29, 0.717) is 6.04 Å². The van der Waals surface area contributed by atoms with Crippen LogP contribution in [0.4, 0.5) is 0 Å². The first-order valence-corrected chi connectivity index (χ1v) is 8.08. The summed E-state index contributed by atoms with van der Waals surface area (Å²) in [5.74, 6) is 0. The number of nitrogens with one attached hydrogen (secondary N) is 1. The van der Waals surface area contributed by atoms with Gasteiger partial charge in [-0.15, -0.1) is 0 Å². The topological polar surface area (TPSA) is 21.3 Å². The third-order valence-electron chi connectivity index (χ3n) is 3.19. The molecule has 0 spiro atoms. The first-order chi connectivity index (χ1) is 8.77. The fourth-order valence-electron chi connectivity index (χ4n) is 2.04. The number of ether oxygens (including phenoxy) is 1. The molecule has 0 saturated heterocycles. The highest BCUT2D eigenvalue weighted by atomic mass is 16.5. The molecule has 0 bridgehead atoms. The minimum Gasteiger partial charge on any atom is -0.380 e. The molecule has 2 nitrogen and oxygen atoms in total. The standard InChI is InChI=1S/C16H35NO/c1-4-5-6-7-8-9-10-11-12-14-18-15-13-17-16(2)3/h16-17H,4-15H2,1-3H3. The molecular formula is C16H35NO. The Balaban J connectivity index is 2.90. The summed E-state index contributed by atoms with van der Waals surface area (Å²) in [5.41, 5.74) is 0. The Bertz CT molecular complexity index is 148. The van der Waals surface area contributed by atoms with Gasteiger partial charge in [0.25, 0.3) is 0 Å². The zero-order valence-electron chi connectivity index (χ0n) is 13.0. The van der Waals surface area contributed by atoms with Crippen molar-refractivity contribution in [1.82, 2.24) is 5.32 Å². The number of hydrogen-bond acceptors (Lipinski definition) is 2. The lowest BCUT2D eigenvalue weighted by atomic mass is 10.1. The zero-order valence-corrected chi connectivity index (χ0v) is 13.0. The van der Waals surface area contributed by atoms with Gasteiger partial charge in [-0.25, -0.2) is 0 Å². The summed E-state index contributed by atoms with van der Waals surface area (Å²) in [6, 6.07) is 0.571. The average molecular weight is 257 g/mol. The summed E-state index contributed by atoms with van der Waals surface area (Å²) in [7, 11) is 0. The molecule has 0 fully saturated rings. The lowest BCUT2D eigenvalue weighted by Crippen LogP contribution is -2.26. The van der Waals surface area contributed by atoms with Gasteiger partial charge in [-0.05, 0) is 6.42 Å². The van der Waals surface area contributed by atoms with Crippen LogP contribution >= 0.6 is 0 Å². The van der Waals surface area contributed by atoms with Gasteiger partial charge in [0.05, 0.1) is 6.61 Å². The molecular weight excluding hydrogens is 222 g/mol. The van der Waals surface area contributed by atoms with Crippen molar-refractivity contribution >= 4 is 0 Å². The van der Waals surface area contributed by atoms with Crippen LogP contribution in [0, 0.1) is 0 Å². The predicted octanol–water partition coefficient (Wildman–Crippen LogP) is 4.53. The molecule has 0 amide bonds. The van der Waals surface area contributed by atoms with E-state index in [0.717, 1.165) is 19.8 Å². The number of rotatable bonds is 14. The second kappa shape index (κ2) is 15.0. The van der Waals surface area contributed by atoms with Crippen LogP contribution in [-0.4, -0.2) is 25.8 Å². The maximum absolute atomic E-state index is 5.58. The molecule has 0 unspecified atom stereocenters. The van der Waals surface area contributed by atoms with Crippen molar-refractivity contribution in [3.8, 4) is 0 Å². The van der Waals surface area contributed by atoms with Gasteiger partial charge in [-0.1, -0.05) is 72.1 Å². The summed E-state index contributed by atoms with van der Waals surface area (Å²) >= 11 is 0. The Morgan fingerprint density at radius 3 is 1.89 bits per heavy atom. The maximum atomic E-state index is 5.58. The lowest BCUT2D eigenvalue weighted by Gasteiger charge is -2.08. The van der Waals surface area contributed by atoms with Gasteiger partial charge in [0.15, 0.2) is 0 Å². The first kappa shape index (κ1) is 17.9. The van der Waals surface area contributed by atoms with Crippen molar-refractivity contribution < 1.29 is 4.74 Å². The van der Waals surface area contributed by atoms with Gasteiger partial charge >= 0.3 is 0 Å². The molecule has 0 aromatic rings. The SMILES string of the molecule is CCCCCCCCCCCOCCNC(C)C. The van der Waals surface area contributed by atoms with Crippen molar-refractivity contribution in [2.45, 2.75) is 84.6 Å². The van der Waals surface area contributed by atoms with Gasteiger partial charge in [0.2, 0.25) is 0 Å². The molecule has 0 aliphatic carbocycles. The predicted molar refractivity (Wildman–Crippen MR) is 81.2 cm³/mol. The van der Waals surface area contributed by atoms with E-state index in [2.05, 4.69) is 26.1 Å². The van der Waals surface area contributed by atoms with Crippen molar-refractivity contribution in [1.29, 1.82) is 0 Å². The van der Waals surface area contributed by atoms with E-state index in [1.54, 1.807) is 0 Å². The van der Waals surface area contributed by atoms with Crippen LogP contribution < -0.4 is 5.32 Å². The number of unbranched alkanes of at least 4 members (excludes halogenated alkanes) is 8. The van der Waals surface area contributed by atoms with Gasteiger partial charge < -0.3 is 10.1 Å². The first-order valence-electron chi connectivity index (χ1n) is 8.08. The van der Waals surface area contributed by atoms with Crippen molar-refractivity contribution in [3.05, 3.63) is 0 Å². The van der Waals surface area contributed by atoms with Crippen LogP contribution in [-0.2, 0) is 4.74 Å². The second-order valence-electron chi connectivity index (χ2n) is 5.55. The Morgan fingerprint density at radius 2 is 1.33 bits per heavy atom. The van der Waals surface area contributed by atoms with E-state index in [4.69, 9.17) is 4.74 Å². The van der Waals surface area contributed by atoms with Crippen LogP contribution in [0.15, 0.2) is 0 Å². The van der Waals surface area contributed by atoms with Gasteiger partial charge in [0, 0.05) is 19.2 Å². The summed E-state index contributed by atoms with van der Waals surface area (Å²) in [4.78, 5) is 0. The van der Waals surface area contributed by atoms with Gasteiger partial charge in [-0.2, -0.15) is 0 Å². The smallest absolute Gasteiger partial charge is 0.0590 e. The van der Waals surface area contributed by atoms with Crippen LogP contribution in [0.1, 0.15) is 78.6 Å². The summed E-state index contributed by atoms with van der Waals surface area (Å²) in [6.45, 7) is 9.39. The molecule has 0 aliphatic rings. The molecule has 0 rings (SSSR count). The van der Waals surface area contributed by atoms with E-state index in [9.17, 15) is 0 Å². The minimum absolute atomic E-state index is 0.571. The third-order valence-corrected chi connectivity index (χ3v) is 3.19. The zero-order chi connectivity index (χ0) is 13.5. The quantitative estimate of drug-likeness (QED) is 0.462. The lowest BCUT2D eigenvalue weighted by molar-refractivity contribution is 0.130. The molecule has 1 N–H and O–H groups in total. The molecule has 2 heteroatoms. The van der Waals surface area contributed by atoms with E-state index < -0.39 is 0 Å². The maximum Gasteiger partial charge on any atom is 0.0590 e. The van der Waals surface area contributed by atoms with Gasteiger partial charge in [-0.3, -0.25) is 0 Å². The monoisotopic (exact) mass is 257 g/mol. The van der Waals surface area contributed by atoms with Crippen molar-refractivity contribution in [2.75, 3.05) is 19.8 Å². The van der Waals surface area contributed by atoms with Crippen LogP contribution in [0.2, 0.25) is 0 Å². The van der Waals surface area contributed by atoms with Crippen LogP contribution in [0.3, 0.4) is 0 Å². The fourth-order valence-corrected chi connectivity index (χ4v) is 2.04. The van der Waals surface area contributed by atoms with Crippen LogP contribution in [0.25, 0.3) is 0 Å². The molecule has 0 aromatic heterocycles. The van der Waals surface area contributed by atoms with E-state index >= 15 is 0 Å². The van der Waals surface area contributed by atoms with Crippen molar-refractivity contribution in [2.24, 2.45) is 0 Å². The fraction of sp³-hybridized carbons (Fsp3) is 1.00. The molecule has 0 heterocycles. The largest absolute Gasteiger partial charge is 0.380 e. The normalized spacial score (nSPS) is 11.3. The summed E-state index contributed by atoms with van der Waals surface area (Å²) < 4.78 is 5.58. The van der Waals surface area contributed by atoms with E-state index in [-0.39, 0.29) is 0 Å². The highest BCUT2D eigenvalue weighted by Gasteiger charge is 1.94. The minimum atomic E-state index is 0.571. The summed E-state index contributed by atoms with van der Waals surface area (Å²) in [5, 5.41) is 3.36. The molecule has 110 valence electrons. The third kappa shape index (κ3) is 15.9. The molecule has 0 saturated carbocycles. The molecule has 18 heavy (non-hydrogen) atoms. The Morgan fingerprint density at radius 1 is 0.778 bits per heavy atom. The molecule has 0 aromatic carbocycles. The second-order valence-corrected chi connectivity index (χ2v) is 5.55. The van der Waals surface area contributed by atoms with Crippen molar-refractivity contribution in [3.63, 3.8) is 0 Å². The Kier molecular flexibility index (Phi) is 14.9. The van der Waals surface area contributed by atoms with E-state index in [1.165, 1.54) is 57.8 Å². The highest BCUT2D eigenvalue weighted by molar-refractivity contribution is 4.51. The average Bonchev–Trinajstić information content (AvgIpc) is 2.34. The highest BCUT2D eigenvalue weighted by Crippen LogP contribution is 2.09. The van der Waals surface area contributed by atoms with Gasteiger partial charge in [0.1, 0.15) is 0 Å².